The minimum Gasteiger partial charge on any atom is -0.396 e. The zero-order chi connectivity index (χ0) is 14.0. The van der Waals surface area contributed by atoms with Gasteiger partial charge in [-0.1, -0.05) is 6.92 Å². The lowest BCUT2D eigenvalue weighted by atomic mass is 10.3. The lowest BCUT2D eigenvalue weighted by Gasteiger charge is -2.21. The van der Waals surface area contributed by atoms with E-state index in [0.29, 0.717) is 19.0 Å². The van der Waals surface area contributed by atoms with Gasteiger partial charge in [0.15, 0.2) is 0 Å². The molecule has 0 amide bonds. The first-order valence-corrected chi connectivity index (χ1v) is 7.94. The highest BCUT2D eigenvalue weighted by atomic mass is 32.2. The van der Waals surface area contributed by atoms with Gasteiger partial charge in [-0.15, -0.1) is 0 Å². The highest BCUT2D eigenvalue weighted by Crippen LogP contribution is 2.32. The van der Waals surface area contributed by atoms with Crippen molar-refractivity contribution in [3.63, 3.8) is 0 Å². The maximum atomic E-state index is 13.4. The van der Waals surface area contributed by atoms with Crippen molar-refractivity contribution < 1.29 is 12.8 Å². The van der Waals surface area contributed by atoms with E-state index in [9.17, 15) is 12.8 Å². The first-order valence-electron chi connectivity index (χ1n) is 6.50. The van der Waals surface area contributed by atoms with Crippen molar-refractivity contribution in [1.82, 2.24) is 4.31 Å². The molecule has 19 heavy (non-hydrogen) atoms. The number of benzene rings is 1. The summed E-state index contributed by atoms with van der Waals surface area (Å²) in [7, 11) is -3.62. The summed E-state index contributed by atoms with van der Waals surface area (Å²) in [5.74, 6) is -0.233. The van der Waals surface area contributed by atoms with Gasteiger partial charge in [0.2, 0.25) is 10.0 Å². The lowest BCUT2D eigenvalue weighted by molar-refractivity contribution is 0.395. The number of nitrogens with zero attached hydrogens (tertiary/aromatic N) is 1. The standard InChI is InChI=1S/C13H19FN2O2S/c1-2-7-16(9-10-3-4-10)19(17,18)11-5-6-13(15)12(14)8-11/h5-6,8,10H,2-4,7,9,15H2,1H3. The first kappa shape index (κ1) is 14.3. The van der Waals surface area contributed by atoms with Crippen molar-refractivity contribution >= 4 is 15.7 Å². The van der Waals surface area contributed by atoms with Gasteiger partial charge in [0.1, 0.15) is 5.82 Å². The minimum atomic E-state index is -3.62. The van der Waals surface area contributed by atoms with Gasteiger partial charge >= 0.3 is 0 Å². The van der Waals surface area contributed by atoms with Crippen LogP contribution in [0.15, 0.2) is 23.1 Å². The summed E-state index contributed by atoms with van der Waals surface area (Å²) >= 11 is 0. The number of halogens is 1. The van der Waals surface area contributed by atoms with Crippen LogP contribution in [-0.4, -0.2) is 25.8 Å². The molecule has 0 spiro atoms. The summed E-state index contributed by atoms with van der Waals surface area (Å²) in [5.41, 5.74) is 5.34. The Kier molecular flexibility index (Phi) is 4.10. The largest absolute Gasteiger partial charge is 0.396 e. The quantitative estimate of drug-likeness (QED) is 0.816. The van der Waals surface area contributed by atoms with Crippen LogP contribution in [0, 0.1) is 11.7 Å². The molecule has 1 aromatic rings. The predicted molar refractivity (Wildman–Crippen MR) is 72.6 cm³/mol. The van der Waals surface area contributed by atoms with E-state index in [1.165, 1.54) is 16.4 Å². The number of anilines is 1. The summed E-state index contributed by atoms with van der Waals surface area (Å²) < 4.78 is 39.8. The second-order valence-electron chi connectivity index (χ2n) is 4.99. The summed E-state index contributed by atoms with van der Waals surface area (Å²) in [5, 5.41) is 0. The molecular weight excluding hydrogens is 267 g/mol. The van der Waals surface area contributed by atoms with Crippen molar-refractivity contribution in [3.8, 4) is 0 Å². The molecule has 0 saturated heterocycles. The lowest BCUT2D eigenvalue weighted by Crippen LogP contribution is -2.33. The highest BCUT2D eigenvalue weighted by Gasteiger charge is 2.31. The molecule has 0 unspecified atom stereocenters. The molecule has 1 fully saturated rings. The molecule has 0 aromatic heterocycles. The van der Waals surface area contributed by atoms with Crippen LogP contribution < -0.4 is 5.73 Å². The third kappa shape index (κ3) is 3.25. The number of nitrogens with two attached hydrogens (primary N) is 1. The third-order valence-corrected chi connectivity index (χ3v) is 5.10. The summed E-state index contributed by atoms with van der Waals surface area (Å²) in [6, 6.07) is 3.66. The molecule has 0 aliphatic heterocycles. The Balaban J connectivity index is 2.28. The second kappa shape index (κ2) is 5.46. The number of nitrogen functional groups attached to an aromatic ring is 1. The zero-order valence-electron chi connectivity index (χ0n) is 11.0. The molecule has 0 atom stereocenters. The van der Waals surface area contributed by atoms with E-state index in [1.807, 2.05) is 6.92 Å². The average molecular weight is 286 g/mol. The monoisotopic (exact) mass is 286 g/mol. The smallest absolute Gasteiger partial charge is 0.243 e. The molecule has 0 bridgehead atoms. The second-order valence-corrected chi connectivity index (χ2v) is 6.93. The molecule has 1 aliphatic carbocycles. The molecule has 2 N–H and O–H groups in total. The number of sulfonamides is 1. The molecule has 106 valence electrons. The van der Waals surface area contributed by atoms with Crippen LogP contribution in [0.1, 0.15) is 26.2 Å². The van der Waals surface area contributed by atoms with Crippen molar-refractivity contribution in [1.29, 1.82) is 0 Å². The summed E-state index contributed by atoms with van der Waals surface area (Å²) in [4.78, 5) is -0.0201. The predicted octanol–water partition coefficient (Wildman–Crippen LogP) is 2.22. The summed E-state index contributed by atoms with van der Waals surface area (Å²) in [6.45, 7) is 2.92. The fraction of sp³-hybridized carbons (Fsp3) is 0.538. The van der Waals surface area contributed by atoms with Gasteiger partial charge in [-0.25, -0.2) is 12.8 Å². The van der Waals surface area contributed by atoms with Gasteiger partial charge in [-0.05, 0) is 43.4 Å². The zero-order valence-corrected chi connectivity index (χ0v) is 11.8. The Morgan fingerprint density at radius 1 is 1.42 bits per heavy atom. The van der Waals surface area contributed by atoms with Crippen LogP contribution in [-0.2, 0) is 10.0 Å². The number of hydrogen-bond acceptors (Lipinski definition) is 3. The van der Waals surface area contributed by atoms with Gasteiger partial charge in [0, 0.05) is 13.1 Å². The van der Waals surface area contributed by atoms with Gasteiger partial charge in [-0.3, -0.25) is 0 Å². The van der Waals surface area contributed by atoms with Gasteiger partial charge < -0.3 is 5.73 Å². The molecule has 1 aromatic carbocycles. The third-order valence-electron chi connectivity index (χ3n) is 3.24. The van der Waals surface area contributed by atoms with Crippen LogP contribution in [0.4, 0.5) is 10.1 Å². The Morgan fingerprint density at radius 2 is 2.11 bits per heavy atom. The van der Waals surface area contributed by atoms with Crippen LogP contribution in [0.3, 0.4) is 0 Å². The van der Waals surface area contributed by atoms with Crippen LogP contribution in [0.2, 0.25) is 0 Å². The SMILES string of the molecule is CCCN(CC1CC1)S(=O)(=O)c1ccc(N)c(F)c1. The van der Waals surface area contributed by atoms with E-state index < -0.39 is 15.8 Å². The molecule has 6 heteroatoms. The van der Waals surface area contributed by atoms with E-state index in [4.69, 9.17) is 5.73 Å². The maximum absolute atomic E-state index is 13.4. The molecular formula is C13H19FN2O2S. The van der Waals surface area contributed by atoms with Crippen LogP contribution in [0.5, 0.6) is 0 Å². The first-order chi connectivity index (χ1) is 8.95. The van der Waals surface area contributed by atoms with Crippen molar-refractivity contribution in [2.24, 2.45) is 5.92 Å². The molecule has 0 radical (unpaired) electrons. The van der Waals surface area contributed by atoms with E-state index in [-0.39, 0.29) is 10.6 Å². The van der Waals surface area contributed by atoms with E-state index in [1.54, 1.807) is 0 Å². The van der Waals surface area contributed by atoms with Crippen LogP contribution >= 0.6 is 0 Å². The fourth-order valence-electron chi connectivity index (χ4n) is 1.96. The fourth-order valence-corrected chi connectivity index (χ4v) is 3.59. The van der Waals surface area contributed by atoms with Gasteiger partial charge in [-0.2, -0.15) is 4.31 Å². The molecule has 2 rings (SSSR count). The van der Waals surface area contributed by atoms with E-state index in [0.717, 1.165) is 25.3 Å². The highest BCUT2D eigenvalue weighted by molar-refractivity contribution is 7.89. The normalized spacial score (nSPS) is 15.9. The molecule has 1 aliphatic rings. The number of hydrogen-bond donors (Lipinski definition) is 1. The Morgan fingerprint density at radius 3 is 2.63 bits per heavy atom. The molecule has 1 saturated carbocycles. The molecule has 0 heterocycles. The minimum absolute atomic E-state index is 0.0201. The van der Waals surface area contributed by atoms with Crippen molar-refractivity contribution in [2.45, 2.75) is 31.1 Å². The van der Waals surface area contributed by atoms with E-state index in [2.05, 4.69) is 0 Å². The Hall–Kier alpha value is -1.14. The average Bonchev–Trinajstić information content (AvgIpc) is 3.16. The number of rotatable bonds is 6. The Labute approximate surface area is 113 Å². The van der Waals surface area contributed by atoms with Crippen LogP contribution in [0.25, 0.3) is 0 Å². The molecule has 4 nitrogen and oxygen atoms in total. The van der Waals surface area contributed by atoms with Gasteiger partial charge in [0.05, 0.1) is 10.6 Å². The maximum Gasteiger partial charge on any atom is 0.243 e. The van der Waals surface area contributed by atoms with Crippen molar-refractivity contribution in [2.75, 3.05) is 18.8 Å². The summed E-state index contributed by atoms with van der Waals surface area (Å²) in [6.07, 6.45) is 2.89. The Bertz CT molecular complexity index is 556. The van der Waals surface area contributed by atoms with Crippen molar-refractivity contribution in [3.05, 3.63) is 24.0 Å². The van der Waals surface area contributed by atoms with Gasteiger partial charge in [0.25, 0.3) is 0 Å². The topological polar surface area (TPSA) is 63.4 Å². The van der Waals surface area contributed by atoms with E-state index >= 15 is 0 Å².